The summed E-state index contributed by atoms with van der Waals surface area (Å²) in [7, 11) is 2.12. The lowest BCUT2D eigenvalue weighted by Gasteiger charge is -2.42. The van der Waals surface area contributed by atoms with Crippen molar-refractivity contribution in [3.05, 3.63) is 41.6 Å². The van der Waals surface area contributed by atoms with Crippen molar-refractivity contribution in [1.29, 1.82) is 0 Å². The summed E-state index contributed by atoms with van der Waals surface area (Å²) < 4.78 is 26.9. The second kappa shape index (κ2) is 14.2. The van der Waals surface area contributed by atoms with Crippen LogP contribution in [0, 0.1) is 0 Å². The first-order valence-electron chi connectivity index (χ1n) is 13.4. The predicted octanol–water partition coefficient (Wildman–Crippen LogP) is 5.57. The van der Waals surface area contributed by atoms with E-state index in [-0.39, 0.29) is 31.0 Å². The van der Waals surface area contributed by atoms with Crippen molar-refractivity contribution < 1.29 is 28.3 Å². The van der Waals surface area contributed by atoms with Crippen LogP contribution in [-0.2, 0) is 20.7 Å². The molecule has 8 nitrogen and oxygen atoms in total. The van der Waals surface area contributed by atoms with E-state index in [1.165, 1.54) is 24.6 Å². The summed E-state index contributed by atoms with van der Waals surface area (Å²) in [5.41, 5.74) is 2.52. The number of carbonyl (C=O) groups is 2. The van der Waals surface area contributed by atoms with Crippen molar-refractivity contribution >= 4 is 29.2 Å². The summed E-state index contributed by atoms with van der Waals surface area (Å²) in [5, 5.41) is 0. The van der Waals surface area contributed by atoms with E-state index < -0.39 is 0 Å². The molecule has 0 N–H and O–H groups in total. The fourth-order valence-corrected chi connectivity index (χ4v) is 5.13. The molecule has 2 unspecified atom stereocenters. The fraction of sp³-hybridized carbons (Fsp3) is 0.571. The maximum absolute atomic E-state index is 13.0. The number of para-hydroxylation sites is 1. The van der Waals surface area contributed by atoms with E-state index >= 15 is 0 Å². The molecule has 1 aromatic heterocycles. The molecule has 0 amide bonds. The van der Waals surface area contributed by atoms with E-state index in [1.54, 1.807) is 25.1 Å². The summed E-state index contributed by atoms with van der Waals surface area (Å²) >= 11 is 1.17. The number of unbranched alkanes of at least 4 members (excludes halogenated alkanes) is 3. The van der Waals surface area contributed by atoms with Crippen LogP contribution in [-0.4, -0.2) is 58.1 Å². The van der Waals surface area contributed by atoms with Crippen molar-refractivity contribution in [2.45, 2.75) is 78.4 Å². The number of quaternary nitrogens is 1. The third kappa shape index (κ3) is 8.10. The van der Waals surface area contributed by atoms with Crippen molar-refractivity contribution in [3.63, 3.8) is 0 Å². The summed E-state index contributed by atoms with van der Waals surface area (Å²) in [5.74, 6) is 0.332. The van der Waals surface area contributed by atoms with Gasteiger partial charge < -0.3 is 14.2 Å². The molecule has 0 radical (unpaired) electrons. The quantitative estimate of drug-likeness (QED) is 0.137. The Morgan fingerprint density at radius 2 is 1.89 bits per heavy atom. The number of benzene rings is 1. The summed E-state index contributed by atoms with van der Waals surface area (Å²) in [6.45, 7) is 8.13. The third-order valence-electron chi connectivity index (χ3n) is 6.69. The van der Waals surface area contributed by atoms with Crippen LogP contribution in [0.1, 0.15) is 77.0 Å². The van der Waals surface area contributed by atoms with Crippen LogP contribution in [0.25, 0.3) is 5.57 Å². The van der Waals surface area contributed by atoms with Gasteiger partial charge in [0.05, 0.1) is 38.3 Å². The molecule has 202 valence electrons. The van der Waals surface area contributed by atoms with Gasteiger partial charge in [0.25, 0.3) is 5.88 Å². The largest absolute Gasteiger partial charge is 0.475 e. The van der Waals surface area contributed by atoms with E-state index in [1.807, 2.05) is 13.0 Å². The van der Waals surface area contributed by atoms with Crippen LogP contribution in [0.15, 0.2) is 30.3 Å². The van der Waals surface area contributed by atoms with Crippen molar-refractivity contribution in [3.8, 4) is 11.6 Å². The lowest BCUT2D eigenvalue weighted by Crippen LogP contribution is -2.56. The zero-order chi connectivity index (χ0) is 26.7. The molecular weight excluding hydrogens is 490 g/mol. The molecule has 2 heterocycles. The molecule has 0 fully saturated rings. The van der Waals surface area contributed by atoms with Gasteiger partial charge in [-0.15, -0.1) is 4.37 Å². The number of likely N-dealkylation sites (N-methyl/N-ethyl adjacent to an activating group) is 1. The molecule has 0 saturated heterocycles. The van der Waals surface area contributed by atoms with Crippen LogP contribution >= 0.6 is 11.7 Å². The van der Waals surface area contributed by atoms with Crippen LogP contribution in [0.4, 0.5) is 0 Å². The molecule has 0 saturated carbocycles. The molecule has 0 spiro atoms. The van der Waals surface area contributed by atoms with Crippen LogP contribution < -0.4 is 9.47 Å². The van der Waals surface area contributed by atoms with Gasteiger partial charge in [-0.2, -0.15) is 4.37 Å². The molecule has 9 heteroatoms. The maximum Gasteiger partial charge on any atom is 0.314 e. The minimum absolute atomic E-state index is 0.0401. The number of carbonyl (C=O) groups excluding carboxylic acids is 2. The summed E-state index contributed by atoms with van der Waals surface area (Å²) in [6, 6.07) is 7.10. The topological polar surface area (TPSA) is 87.6 Å². The molecule has 2 atom stereocenters. The van der Waals surface area contributed by atoms with E-state index in [9.17, 15) is 9.59 Å². The number of hydrogen-bond donors (Lipinski definition) is 0. The van der Waals surface area contributed by atoms with Gasteiger partial charge >= 0.3 is 11.9 Å². The molecule has 1 aliphatic heterocycles. The van der Waals surface area contributed by atoms with E-state index in [0.29, 0.717) is 41.2 Å². The highest BCUT2D eigenvalue weighted by atomic mass is 32.1. The first-order chi connectivity index (χ1) is 17.9. The predicted molar refractivity (Wildman–Crippen MR) is 144 cm³/mol. The van der Waals surface area contributed by atoms with E-state index in [0.717, 1.165) is 37.1 Å². The minimum Gasteiger partial charge on any atom is -0.475 e. The highest BCUT2D eigenvalue weighted by molar-refractivity contribution is 6.99. The molecule has 0 aliphatic carbocycles. The molecule has 2 aromatic rings. The average Bonchev–Trinajstić information content (AvgIpc) is 3.37. The summed E-state index contributed by atoms with van der Waals surface area (Å²) in [6.07, 6.45) is 8.28. The Labute approximate surface area is 224 Å². The SMILES string of the molecule is CCCCCCOc1nsnc1C1=CCC[N+](C)(C(CC)OC(=O)Cc2ccccc2OC(=O)CC)C1. The van der Waals surface area contributed by atoms with Gasteiger partial charge in [0.2, 0.25) is 6.23 Å². The Morgan fingerprint density at radius 1 is 1.08 bits per heavy atom. The molecular formula is C28H40N3O5S+. The number of hydrogen-bond acceptors (Lipinski definition) is 8. The Balaban J connectivity index is 1.64. The van der Waals surface area contributed by atoms with Crippen molar-refractivity contribution in [2.75, 3.05) is 26.7 Å². The van der Waals surface area contributed by atoms with Crippen molar-refractivity contribution in [2.24, 2.45) is 0 Å². The Hall–Kier alpha value is -2.78. The number of aromatic nitrogens is 2. The van der Waals surface area contributed by atoms with Gasteiger partial charge in [0, 0.05) is 30.4 Å². The van der Waals surface area contributed by atoms with Gasteiger partial charge in [-0.05, 0) is 12.5 Å². The molecule has 37 heavy (non-hydrogen) atoms. The zero-order valence-corrected chi connectivity index (χ0v) is 23.3. The van der Waals surface area contributed by atoms with Gasteiger partial charge in [0.1, 0.15) is 18.0 Å². The second-order valence-corrected chi connectivity index (χ2v) is 10.2. The number of rotatable bonds is 14. The molecule has 3 rings (SSSR count). The highest BCUT2D eigenvalue weighted by Gasteiger charge is 2.38. The number of nitrogens with zero attached hydrogens (tertiary/aromatic N) is 3. The molecule has 1 aromatic carbocycles. The maximum atomic E-state index is 13.0. The Kier molecular flexibility index (Phi) is 11.1. The van der Waals surface area contributed by atoms with Gasteiger partial charge in [-0.3, -0.25) is 14.1 Å². The third-order valence-corrected chi connectivity index (χ3v) is 7.21. The first-order valence-corrected chi connectivity index (χ1v) is 14.1. The van der Waals surface area contributed by atoms with Gasteiger partial charge in [-0.1, -0.05) is 64.3 Å². The summed E-state index contributed by atoms with van der Waals surface area (Å²) in [4.78, 5) is 24.8. The molecule has 0 bridgehead atoms. The normalized spacial score (nSPS) is 18.1. The van der Waals surface area contributed by atoms with E-state index in [2.05, 4.69) is 28.8 Å². The Bertz CT molecular complexity index is 1070. The highest BCUT2D eigenvalue weighted by Crippen LogP contribution is 2.32. The van der Waals surface area contributed by atoms with Crippen LogP contribution in [0.2, 0.25) is 0 Å². The van der Waals surface area contributed by atoms with E-state index in [4.69, 9.17) is 14.2 Å². The molecule has 1 aliphatic rings. The van der Waals surface area contributed by atoms with Gasteiger partial charge in [-0.25, -0.2) is 0 Å². The smallest absolute Gasteiger partial charge is 0.314 e. The van der Waals surface area contributed by atoms with Crippen LogP contribution in [0.5, 0.6) is 11.6 Å². The Morgan fingerprint density at radius 3 is 2.65 bits per heavy atom. The standard InChI is InChI=1S/C28H40N3O5S/c1-5-8-9-12-18-34-28-27(29-37-30-28)22-15-13-17-31(4,20-22)24(6-2)36-26(33)19-21-14-10-11-16-23(21)35-25(32)7-3/h10-11,14-16,24H,5-9,12-13,17-20H2,1-4H3/q+1. The lowest BCUT2D eigenvalue weighted by molar-refractivity contribution is -0.947. The first kappa shape index (κ1) is 28.8. The average molecular weight is 531 g/mol. The fourth-order valence-electron chi connectivity index (χ4n) is 4.60. The lowest BCUT2D eigenvalue weighted by atomic mass is 10.0. The second-order valence-electron chi connectivity index (χ2n) is 9.67. The monoisotopic (exact) mass is 530 g/mol. The number of ether oxygens (including phenoxy) is 3. The minimum atomic E-state index is -0.339. The van der Waals surface area contributed by atoms with Crippen molar-refractivity contribution in [1.82, 2.24) is 8.75 Å². The van der Waals surface area contributed by atoms with Crippen LogP contribution in [0.3, 0.4) is 0 Å². The number of esters is 2. The van der Waals surface area contributed by atoms with Gasteiger partial charge in [0.15, 0.2) is 0 Å². The zero-order valence-electron chi connectivity index (χ0n) is 22.5.